The molecule has 0 spiro atoms. The zero-order valence-corrected chi connectivity index (χ0v) is 13.4. The van der Waals surface area contributed by atoms with Crippen LogP contribution in [0.25, 0.3) is 11.0 Å². The number of carbonyl (C=O) groups excluding carboxylic acids is 2. The van der Waals surface area contributed by atoms with E-state index in [0.717, 1.165) is 16.9 Å². The molecule has 1 heterocycles. The molecule has 3 aromatic rings. The minimum Gasteiger partial charge on any atom is -0.462 e. The molecule has 0 aliphatic heterocycles. The van der Waals surface area contributed by atoms with E-state index in [2.05, 4.69) is 15.3 Å². The van der Waals surface area contributed by atoms with Crippen LogP contribution in [0.1, 0.15) is 33.5 Å². The fourth-order valence-corrected chi connectivity index (χ4v) is 2.39. The molecule has 0 radical (unpaired) electrons. The van der Waals surface area contributed by atoms with E-state index in [4.69, 9.17) is 4.74 Å². The molecule has 0 aliphatic rings. The molecule has 0 fully saturated rings. The van der Waals surface area contributed by atoms with Crippen LogP contribution in [-0.2, 0) is 4.74 Å². The Bertz CT molecular complexity index is 898. The van der Waals surface area contributed by atoms with Gasteiger partial charge in [0.05, 0.1) is 23.2 Å². The lowest BCUT2D eigenvalue weighted by Gasteiger charge is -2.06. The molecular weight excluding hydrogens is 306 g/mol. The molecule has 0 atom stereocenters. The summed E-state index contributed by atoms with van der Waals surface area (Å²) in [6.07, 6.45) is 0. The smallest absolute Gasteiger partial charge is 0.338 e. The quantitative estimate of drug-likeness (QED) is 0.722. The molecule has 6 nitrogen and oxygen atoms in total. The van der Waals surface area contributed by atoms with E-state index in [1.807, 2.05) is 6.92 Å². The number of H-pyrrole nitrogens is 1. The third kappa shape index (κ3) is 3.27. The number of hydrogen-bond donors (Lipinski definition) is 2. The van der Waals surface area contributed by atoms with Gasteiger partial charge < -0.3 is 15.0 Å². The Morgan fingerprint density at radius 3 is 2.54 bits per heavy atom. The summed E-state index contributed by atoms with van der Waals surface area (Å²) in [4.78, 5) is 31.4. The minimum atomic E-state index is -0.379. The van der Waals surface area contributed by atoms with Gasteiger partial charge in [-0.25, -0.2) is 9.78 Å². The number of carbonyl (C=O) groups is 2. The predicted molar refractivity (Wildman–Crippen MR) is 91.2 cm³/mol. The second-order valence-electron chi connectivity index (χ2n) is 5.31. The van der Waals surface area contributed by atoms with Crippen molar-refractivity contribution in [1.29, 1.82) is 0 Å². The number of hydrogen-bond acceptors (Lipinski definition) is 4. The van der Waals surface area contributed by atoms with Gasteiger partial charge >= 0.3 is 5.97 Å². The number of esters is 1. The van der Waals surface area contributed by atoms with E-state index in [1.54, 1.807) is 49.4 Å². The maximum absolute atomic E-state index is 12.3. The average molecular weight is 323 g/mol. The van der Waals surface area contributed by atoms with E-state index in [-0.39, 0.29) is 11.9 Å². The van der Waals surface area contributed by atoms with Crippen molar-refractivity contribution in [3.05, 3.63) is 59.4 Å². The summed E-state index contributed by atoms with van der Waals surface area (Å²) in [6, 6.07) is 11.9. The first kappa shape index (κ1) is 15.7. The third-order valence-corrected chi connectivity index (χ3v) is 3.52. The summed E-state index contributed by atoms with van der Waals surface area (Å²) in [5, 5.41) is 2.80. The Labute approximate surface area is 138 Å². The summed E-state index contributed by atoms with van der Waals surface area (Å²) in [5.74, 6) is 0.195. The highest BCUT2D eigenvalue weighted by atomic mass is 16.5. The van der Waals surface area contributed by atoms with Crippen LogP contribution in [0.5, 0.6) is 0 Å². The molecule has 0 aliphatic carbocycles. The zero-order chi connectivity index (χ0) is 17.1. The number of aryl methyl sites for hydroxylation is 1. The monoisotopic (exact) mass is 323 g/mol. The molecule has 0 bridgehead atoms. The van der Waals surface area contributed by atoms with Gasteiger partial charge in [-0.15, -0.1) is 0 Å². The molecule has 1 aromatic heterocycles. The van der Waals surface area contributed by atoms with Crippen LogP contribution >= 0.6 is 0 Å². The summed E-state index contributed by atoms with van der Waals surface area (Å²) >= 11 is 0. The van der Waals surface area contributed by atoms with E-state index in [9.17, 15) is 9.59 Å². The van der Waals surface area contributed by atoms with Gasteiger partial charge in [0.1, 0.15) is 5.82 Å². The van der Waals surface area contributed by atoms with Crippen molar-refractivity contribution in [3.63, 3.8) is 0 Å². The van der Waals surface area contributed by atoms with E-state index >= 15 is 0 Å². The predicted octanol–water partition coefficient (Wildman–Crippen LogP) is 3.30. The highest BCUT2D eigenvalue weighted by Crippen LogP contribution is 2.16. The number of amides is 1. The lowest BCUT2D eigenvalue weighted by atomic mass is 10.1. The van der Waals surface area contributed by atoms with Crippen LogP contribution in [0, 0.1) is 6.92 Å². The number of aromatic amines is 1. The van der Waals surface area contributed by atoms with Gasteiger partial charge in [0, 0.05) is 11.3 Å². The SMILES string of the molecule is CCOC(=O)c1ccc(NC(=O)c2ccc3nc(C)[nH]c3c2)cc1. The van der Waals surface area contributed by atoms with Gasteiger partial charge in [0.2, 0.25) is 0 Å². The standard InChI is InChI=1S/C18H17N3O3/c1-3-24-18(23)12-4-7-14(8-5-12)21-17(22)13-6-9-15-16(10-13)20-11(2)19-15/h4-10H,3H2,1-2H3,(H,19,20)(H,21,22). The first-order chi connectivity index (χ1) is 11.6. The van der Waals surface area contributed by atoms with Crippen molar-refractivity contribution in [2.24, 2.45) is 0 Å². The second kappa shape index (κ2) is 6.54. The van der Waals surface area contributed by atoms with Crippen LogP contribution in [0.15, 0.2) is 42.5 Å². The van der Waals surface area contributed by atoms with E-state index in [0.29, 0.717) is 23.4 Å². The molecular formula is C18H17N3O3. The van der Waals surface area contributed by atoms with Crippen molar-refractivity contribution in [1.82, 2.24) is 9.97 Å². The van der Waals surface area contributed by atoms with Crippen LogP contribution in [0.3, 0.4) is 0 Å². The maximum atomic E-state index is 12.3. The van der Waals surface area contributed by atoms with Crippen LogP contribution in [-0.4, -0.2) is 28.5 Å². The van der Waals surface area contributed by atoms with Gasteiger partial charge in [0.15, 0.2) is 0 Å². The number of fused-ring (bicyclic) bond motifs is 1. The fraction of sp³-hybridized carbons (Fsp3) is 0.167. The number of rotatable bonds is 4. The molecule has 6 heteroatoms. The molecule has 1 amide bonds. The highest BCUT2D eigenvalue weighted by Gasteiger charge is 2.10. The molecule has 0 saturated heterocycles. The Kier molecular flexibility index (Phi) is 4.29. The Balaban J connectivity index is 1.74. The Hall–Kier alpha value is -3.15. The van der Waals surface area contributed by atoms with Gasteiger partial charge in [-0.05, 0) is 56.3 Å². The van der Waals surface area contributed by atoms with Crippen LogP contribution in [0.2, 0.25) is 0 Å². The van der Waals surface area contributed by atoms with Crippen molar-refractivity contribution >= 4 is 28.6 Å². The van der Waals surface area contributed by atoms with E-state index < -0.39 is 0 Å². The average Bonchev–Trinajstić information content (AvgIpc) is 2.94. The molecule has 0 saturated carbocycles. The normalized spacial score (nSPS) is 10.6. The number of imidazole rings is 1. The van der Waals surface area contributed by atoms with Crippen molar-refractivity contribution in [2.45, 2.75) is 13.8 Å². The lowest BCUT2D eigenvalue weighted by Crippen LogP contribution is -2.12. The minimum absolute atomic E-state index is 0.229. The van der Waals surface area contributed by atoms with Gasteiger partial charge in [0.25, 0.3) is 5.91 Å². The molecule has 122 valence electrons. The molecule has 3 rings (SSSR count). The lowest BCUT2D eigenvalue weighted by molar-refractivity contribution is 0.0526. The topological polar surface area (TPSA) is 84.1 Å². The second-order valence-corrected chi connectivity index (χ2v) is 5.31. The summed E-state index contributed by atoms with van der Waals surface area (Å²) in [5.41, 5.74) is 3.22. The number of anilines is 1. The van der Waals surface area contributed by atoms with Gasteiger partial charge in [-0.2, -0.15) is 0 Å². The molecule has 24 heavy (non-hydrogen) atoms. The van der Waals surface area contributed by atoms with Crippen molar-refractivity contribution in [3.8, 4) is 0 Å². The van der Waals surface area contributed by atoms with Crippen LogP contribution < -0.4 is 5.32 Å². The number of ether oxygens (including phenoxy) is 1. The maximum Gasteiger partial charge on any atom is 0.338 e. The first-order valence-electron chi connectivity index (χ1n) is 7.61. The van der Waals surface area contributed by atoms with Gasteiger partial charge in [-0.1, -0.05) is 0 Å². The number of benzene rings is 2. The van der Waals surface area contributed by atoms with Crippen LogP contribution in [0.4, 0.5) is 5.69 Å². The Morgan fingerprint density at radius 1 is 1.12 bits per heavy atom. The Morgan fingerprint density at radius 2 is 1.83 bits per heavy atom. The third-order valence-electron chi connectivity index (χ3n) is 3.52. The number of nitrogens with one attached hydrogen (secondary N) is 2. The molecule has 2 aromatic carbocycles. The number of nitrogens with zero attached hydrogens (tertiary/aromatic N) is 1. The molecule has 0 unspecified atom stereocenters. The van der Waals surface area contributed by atoms with E-state index in [1.165, 1.54) is 0 Å². The largest absolute Gasteiger partial charge is 0.462 e. The highest BCUT2D eigenvalue weighted by molar-refractivity contribution is 6.06. The summed E-state index contributed by atoms with van der Waals surface area (Å²) in [7, 11) is 0. The molecule has 2 N–H and O–H groups in total. The first-order valence-corrected chi connectivity index (χ1v) is 7.61. The van der Waals surface area contributed by atoms with Crippen molar-refractivity contribution in [2.75, 3.05) is 11.9 Å². The fourth-order valence-electron chi connectivity index (χ4n) is 2.39. The van der Waals surface area contributed by atoms with Gasteiger partial charge in [-0.3, -0.25) is 4.79 Å². The number of aromatic nitrogens is 2. The van der Waals surface area contributed by atoms with Crippen molar-refractivity contribution < 1.29 is 14.3 Å². The summed E-state index contributed by atoms with van der Waals surface area (Å²) in [6.45, 7) is 3.95. The zero-order valence-electron chi connectivity index (χ0n) is 13.4. The summed E-state index contributed by atoms with van der Waals surface area (Å²) < 4.78 is 4.93.